The van der Waals surface area contributed by atoms with Gasteiger partial charge in [0.05, 0.1) is 17.1 Å². The summed E-state index contributed by atoms with van der Waals surface area (Å²) in [5.74, 6) is 0. The van der Waals surface area contributed by atoms with Gasteiger partial charge in [0.1, 0.15) is 0 Å². The summed E-state index contributed by atoms with van der Waals surface area (Å²) in [5.41, 5.74) is 3.03. The van der Waals surface area contributed by atoms with Crippen LogP contribution in [-0.4, -0.2) is 27.1 Å². The molecule has 23 heavy (non-hydrogen) atoms. The summed E-state index contributed by atoms with van der Waals surface area (Å²) in [6, 6.07) is 11.9. The molecule has 2 aromatic rings. The number of allylic oxidation sites excluding steroid dienone is 1. The lowest BCUT2D eigenvalue weighted by atomic mass is 10.2. The molecule has 0 atom stereocenters. The van der Waals surface area contributed by atoms with E-state index in [4.69, 9.17) is 0 Å². The molecule has 4 nitrogen and oxygen atoms in total. The molecule has 0 spiro atoms. The molecule has 0 fully saturated rings. The van der Waals surface area contributed by atoms with E-state index in [2.05, 4.69) is 26.4 Å². The topological polar surface area (TPSA) is 41.4 Å². The van der Waals surface area contributed by atoms with Gasteiger partial charge in [0.25, 0.3) is 0 Å². The van der Waals surface area contributed by atoms with Gasteiger partial charge in [-0.1, -0.05) is 24.8 Å². The smallest absolute Gasteiger partial charge is 0.0544 e. The summed E-state index contributed by atoms with van der Waals surface area (Å²) < 4.78 is 0. The highest BCUT2D eigenvalue weighted by Crippen LogP contribution is 2.07. The first-order valence-electron chi connectivity index (χ1n) is 7.64. The molecule has 0 aliphatic rings. The van der Waals surface area contributed by atoms with Gasteiger partial charge in [-0.25, -0.2) is 0 Å². The van der Waals surface area contributed by atoms with Crippen LogP contribution in [0.25, 0.3) is 0 Å². The van der Waals surface area contributed by atoms with E-state index in [1.165, 1.54) is 0 Å². The van der Waals surface area contributed by atoms with Crippen LogP contribution in [0.15, 0.2) is 78.7 Å². The lowest BCUT2D eigenvalue weighted by Crippen LogP contribution is -2.29. The molecular weight excluding hydrogens is 284 g/mol. The molecule has 0 radical (unpaired) electrons. The van der Waals surface area contributed by atoms with Crippen LogP contribution >= 0.6 is 0 Å². The van der Waals surface area contributed by atoms with Crippen molar-refractivity contribution >= 4 is 5.71 Å². The molecule has 0 aliphatic heterocycles. The number of rotatable bonds is 8. The van der Waals surface area contributed by atoms with Crippen LogP contribution in [0, 0.1) is 0 Å². The second kappa shape index (κ2) is 9.43. The lowest BCUT2D eigenvalue weighted by Gasteiger charge is -2.21. The van der Waals surface area contributed by atoms with Gasteiger partial charge in [-0.15, -0.1) is 0 Å². The summed E-state index contributed by atoms with van der Waals surface area (Å²) >= 11 is 0. The van der Waals surface area contributed by atoms with Gasteiger partial charge in [-0.05, 0) is 37.3 Å². The number of pyridine rings is 2. The molecule has 2 aromatic heterocycles. The van der Waals surface area contributed by atoms with Crippen molar-refractivity contribution in [3.63, 3.8) is 0 Å². The summed E-state index contributed by atoms with van der Waals surface area (Å²) in [5, 5.41) is 0. The molecule has 0 unspecified atom stereocenters. The molecule has 0 aromatic carbocycles. The SMILES string of the molecule is C=C/N=C(\C=C/C)CN(Cc1ccccn1)Cc1ccccn1. The molecule has 0 bridgehead atoms. The molecule has 0 aliphatic carbocycles. The Balaban J connectivity index is 2.16. The minimum Gasteiger partial charge on any atom is -0.286 e. The van der Waals surface area contributed by atoms with Crippen LogP contribution < -0.4 is 0 Å². The maximum Gasteiger partial charge on any atom is 0.0544 e. The minimum absolute atomic E-state index is 0.712. The van der Waals surface area contributed by atoms with Crippen LogP contribution in [-0.2, 0) is 13.1 Å². The van der Waals surface area contributed by atoms with Gasteiger partial charge < -0.3 is 0 Å². The van der Waals surface area contributed by atoms with E-state index in [1.54, 1.807) is 6.20 Å². The van der Waals surface area contributed by atoms with Crippen molar-refractivity contribution < 1.29 is 0 Å². The number of aliphatic imine (C=N–C) groups is 1. The van der Waals surface area contributed by atoms with E-state index in [-0.39, 0.29) is 0 Å². The third-order valence-electron chi connectivity index (χ3n) is 3.23. The second-order valence-corrected chi connectivity index (χ2v) is 5.09. The van der Waals surface area contributed by atoms with Gasteiger partial charge in [-0.2, -0.15) is 0 Å². The van der Waals surface area contributed by atoms with Crippen molar-refractivity contribution in [3.05, 3.63) is 85.1 Å². The summed E-state index contributed by atoms with van der Waals surface area (Å²) in [6.07, 6.45) is 9.21. The Morgan fingerprint density at radius 3 is 2.13 bits per heavy atom. The Morgan fingerprint density at radius 1 is 1.09 bits per heavy atom. The third kappa shape index (κ3) is 5.96. The maximum atomic E-state index is 4.42. The number of aromatic nitrogens is 2. The normalized spacial score (nSPS) is 12.0. The van der Waals surface area contributed by atoms with Crippen LogP contribution in [0.5, 0.6) is 0 Å². The number of nitrogens with zero attached hydrogens (tertiary/aromatic N) is 4. The van der Waals surface area contributed by atoms with E-state index < -0.39 is 0 Å². The molecular formula is C19H22N4. The summed E-state index contributed by atoms with van der Waals surface area (Å²) in [7, 11) is 0. The average molecular weight is 306 g/mol. The second-order valence-electron chi connectivity index (χ2n) is 5.09. The van der Waals surface area contributed by atoms with Gasteiger partial charge >= 0.3 is 0 Å². The molecule has 0 saturated heterocycles. The molecule has 4 heteroatoms. The minimum atomic E-state index is 0.712. The van der Waals surface area contributed by atoms with Crippen LogP contribution in [0.3, 0.4) is 0 Å². The fourth-order valence-corrected chi connectivity index (χ4v) is 2.28. The summed E-state index contributed by atoms with van der Waals surface area (Å²) in [4.78, 5) is 15.5. The Bertz CT molecular complexity index is 606. The van der Waals surface area contributed by atoms with Crippen molar-refractivity contribution in [3.8, 4) is 0 Å². The number of hydrogen-bond donors (Lipinski definition) is 0. The van der Waals surface area contributed by atoms with E-state index in [9.17, 15) is 0 Å². The molecule has 0 amide bonds. The molecule has 0 N–H and O–H groups in total. The fourth-order valence-electron chi connectivity index (χ4n) is 2.28. The van der Waals surface area contributed by atoms with Crippen molar-refractivity contribution in [2.24, 2.45) is 4.99 Å². The Labute approximate surface area is 137 Å². The summed E-state index contributed by atoms with van der Waals surface area (Å²) in [6.45, 7) is 7.87. The van der Waals surface area contributed by atoms with E-state index in [0.717, 1.165) is 30.2 Å². The first kappa shape index (κ1) is 16.8. The zero-order valence-corrected chi connectivity index (χ0v) is 13.5. The lowest BCUT2D eigenvalue weighted by molar-refractivity contribution is 0.288. The van der Waals surface area contributed by atoms with Gasteiger partial charge in [0, 0.05) is 38.2 Å². The zero-order chi connectivity index (χ0) is 16.3. The van der Waals surface area contributed by atoms with Crippen LogP contribution in [0.2, 0.25) is 0 Å². The standard InChI is InChI=1S/C19H22N4/c1-3-9-17(20-4-2)14-23(15-18-10-5-7-12-21-18)16-19-11-6-8-13-22-19/h3-13H,2,14-16H2,1H3/b9-3-,20-17+. The van der Waals surface area contributed by atoms with Crippen LogP contribution in [0.4, 0.5) is 0 Å². The molecule has 2 heterocycles. The van der Waals surface area contributed by atoms with E-state index in [1.807, 2.05) is 67.9 Å². The first-order chi connectivity index (χ1) is 11.3. The highest BCUT2D eigenvalue weighted by atomic mass is 15.1. The Kier molecular flexibility index (Phi) is 6.88. The zero-order valence-electron chi connectivity index (χ0n) is 13.5. The monoisotopic (exact) mass is 306 g/mol. The first-order valence-corrected chi connectivity index (χ1v) is 7.64. The predicted molar refractivity (Wildman–Crippen MR) is 95.0 cm³/mol. The van der Waals surface area contributed by atoms with Crippen molar-refractivity contribution in [2.45, 2.75) is 20.0 Å². The van der Waals surface area contributed by atoms with E-state index in [0.29, 0.717) is 6.54 Å². The Hall–Kier alpha value is -2.59. The highest BCUT2D eigenvalue weighted by Gasteiger charge is 2.10. The highest BCUT2D eigenvalue weighted by molar-refractivity contribution is 5.96. The van der Waals surface area contributed by atoms with Crippen LogP contribution in [0.1, 0.15) is 18.3 Å². The van der Waals surface area contributed by atoms with Crippen molar-refractivity contribution in [2.75, 3.05) is 6.54 Å². The third-order valence-corrected chi connectivity index (χ3v) is 3.23. The molecule has 0 saturated carbocycles. The molecule has 2 rings (SSSR count). The van der Waals surface area contributed by atoms with Gasteiger partial charge in [0.2, 0.25) is 0 Å². The van der Waals surface area contributed by atoms with Gasteiger partial charge in [0.15, 0.2) is 0 Å². The fraction of sp³-hybridized carbons (Fsp3) is 0.211. The maximum absolute atomic E-state index is 4.42. The Morgan fingerprint density at radius 2 is 1.70 bits per heavy atom. The predicted octanol–water partition coefficient (Wildman–Crippen LogP) is 3.64. The average Bonchev–Trinajstić information content (AvgIpc) is 2.57. The largest absolute Gasteiger partial charge is 0.286 e. The molecule has 118 valence electrons. The number of hydrogen-bond acceptors (Lipinski definition) is 4. The van der Waals surface area contributed by atoms with Gasteiger partial charge in [-0.3, -0.25) is 19.9 Å². The van der Waals surface area contributed by atoms with E-state index >= 15 is 0 Å². The van der Waals surface area contributed by atoms with Crippen molar-refractivity contribution in [1.29, 1.82) is 0 Å². The quantitative estimate of drug-likeness (QED) is 0.699. The van der Waals surface area contributed by atoms with Crippen molar-refractivity contribution in [1.82, 2.24) is 14.9 Å².